The molecule has 0 saturated carbocycles. The molecular formula is C13H11FN2O. The van der Waals surface area contributed by atoms with Gasteiger partial charge in [-0.15, -0.1) is 0 Å². The average molecular weight is 230 g/mol. The number of carbonyl (C=O) groups excluding carboxylic acids is 1. The number of halogens is 1. The van der Waals surface area contributed by atoms with E-state index in [1.165, 1.54) is 25.1 Å². The van der Waals surface area contributed by atoms with Crippen LogP contribution in [-0.4, -0.2) is 12.5 Å². The third-order valence-electron chi connectivity index (χ3n) is 1.94. The molecule has 86 valence electrons. The van der Waals surface area contributed by atoms with Crippen LogP contribution in [0.1, 0.15) is 24.5 Å². The summed E-state index contributed by atoms with van der Waals surface area (Å²) in [5, 5.41) is 11.2. The summed E-state index contributed by atoms with van der Waals surface area (Å²) in [4.78, 5) is 10.6. The van der Waals surface area contributed by atoms with Gasteiger partial charge in [0.15, 0.2) is 0 Å². The molecule has 0 aliphatic carbocycles. The average Bonchev–Trinajstić information content (AvgIpc) is 2.30. The van der Waals surface area contributed by atoms with Gasteiger partial charge in [-0.1, -0.05) is 11.8 Å². The SMILES string of the molecule is CC(=O)NCCC#Cc1cc(C#N)ccc1F. The van der Waals surface area contributed by atoms with Gasteiger partial charge in [0.05, 0.1) is 17.2 Å². The number of carbonyl (C=O) groups is 1. The van der Waals surface area contributed by atoms with Crippen molar-refractivity contribution in [3.8, 4) is 17.9 Å². The molecule has 1 N–H and O–H groups in total. The summed E-state index contributed by atoms with van der Waals surface area (Å²) in [5.41, 5.74) is 0.574. The molecule has 1 amide bonds. The monoisotopic (exact) mass is 230 g/mol. The van der Waals surface area contributed by atoms with Gasteiger partial charge >= 0.3 is 0 Å². The van der Waals surface area contributed by atoms with Crippen molar-refractivity contribution in [2.45, 2.75) is 13.3 Å². The van der Waals surface area contributed by atoms with E-state index in [4.69, 9.17) is 5.26 Å². The number of hydrogen-bond donors (Lipinski definition) is 1. The summed E-state index contributed by atoms with van der Waals surface area (Å²) in [6.07, 6.45) is 0.440. The fourth-order valence-electron chi connectivity index (χ4n) is 1.15. The molecule has 0 atom stereocenters. The van der Waals surface area contributed by atoms with E-state index >= 15 is 0 Å². The van der Waals surface area contributed by atoms with Crippen molar-refractivity contribution in [1.29, 1.82) is 5.26 Å². The maximum absolute atomic E-state index is 13.3. The van der Waals surface area contributed by atoms with E-state index in [1.54, 1.807) is 0 Å². The molecule has 0 aromatic heterocycles. The Morgan fingerprint density at radius 2 is 2.29 bits per heavy atom. The molecule has 0 spiro atoms. The summed E-state index contributed by atoms with van der Waals surface area (Å²) in [5.74, 6) is 4.80. The minimum Gasteiger partial charge on any atom is -0.355 e. The third kappa shape index (κ3) is 4.36. The lowest BCUT2D eigenvalue weighted by Gasteiger charge is -1.96. The van der Waals surface area contributed by atoms with Crippen molar-refractivity contribution < 1.29 is 9.18 Å². The largest absolute Gasteiger partial charge is 0.355 e. The number of nitriles is 1. The zero-order valence-electron chi connectivity index (χ0n) is 9.38. The lowest BCUT2D eigenvalue weighted by molar-refractivity contribution is -0.118. The second kappa shape index (κ2) is 6.30. The smallest absolute Gasteiger partial charge is 0.216 e. The van der Waals surface area contributed by atoms with Crippen molar-refractivity contribution in [3.63, 3.8) is 0 Å². The normalized spacial score (nSPS) is 8.76. The first-order valence-electron chi connectivity index (χ1n) is 5.06. The highest BCUT2D eigenvalue weighted by Gasteiger charge is 1.99. The van der Waals surface area contributed by atoms with Crippen LogP contribution < -0.4 is 5.32 Å². The molecule has 0 heterocycles. The highest BCUT2D eigenvalue weighted by molar-refractivity contribution is 5.72. The van der Waals surface area contributed by atoms with Crippen molar-refractivity contribution in [2.75, 3.05) is 6.54 Å². The molecule has 3 nitrogen and oxygen atoms in total. The van der Waals surface area contributed by atoms with Crippen molar-refractivity contribution >= 4 is 5.91 Å². The zero-order valence-corrected chi connectivity index (χ0v) is 9.38. The lowest BCUT2D eigenvalue weighted by Crippen LogP contribution is -2.20. The van der Waals surface area contributed by atoms with Gasteiger partial charge in [-0.3, -0.25) is 4.79 Å². The topological polar surface area (TPSA) is 52.9 Å². The molecular weight excluding hydrogens is 219 g/mol. The van der Waals surface area contributed by atoms with Gasteiger partial charge in [0.2, 0.25) is 5.91 Å². The van der Waals surface area contributed by atoms with Crippen LogP contribution in [0.3, 0.4) is 0 Å². The summed E-state index contributed by atoms with van der Waals surface area (Å²) in [6.45, 7) is 1.85. The Kier molecular flexibility index (Phi) is 4.72. The highest BCUT2D eigenvalue weighted by atomic mass is 19.1. The van der Waals surface area contributed by atoms with Crippen molar-refractivity contribution in [3.05, 3.63) is 35.1 Å². The first-order chi connectivity index (χ1) is 8.13. The molecule has 0 radical (unpaired) electrons. The quantitative estimate of drug-likeness (QED) is 0.619. The van der Waals surface area contributed by atoms with Crippen LogP contribution in [0.4, 0.5) is 4.39 Å². The predicted molar refractivity (Wildman–Crippen MR) is 61.3 cm³/mol. The Labute approximate surface area is 99.3 Å². The first-order valence-corrected chi connectivity index (χ1v) is 5.06. The van der Waals surface area contributed by atoms with Gasteiger partial charge in [-0.25, -0.2) is 4.39 Å². The van der Waals surface area contributed by atoms with E-state index in [9.17, 15) is 9.18 Å². The van der Waals surface area contributed by atoms with E-state index in [0.29, 0.717) is 18.5 Å². The van der Waals surface area contributed by atoms with Crippen LogP contribution in [0.25, 0.3) is 0 Å². The Balaban J connectivity index is 2.65. The van der Waals surface area contributed by atoms with Crippen LogP contribution in [-0.2, 0) is 4.79 Å². The molecule has 0 aliphatic heterocycles. The number of nitrogens with zero attached hydrogens (tertiary/aromatic N) is 1. The van der Waals surface area contributed by atoms with Gasteiger partial charge in [0, 0.05) is 19.9 Å². The number of nitrogens with one attached hydrogen (secondary N) is 1. The molecule has 1 aromatic carbocycles. The zero-order chi connectivity index (χ0) is 12.7. The Morgan fingerprint density at radius 3 is 2.94 bits per heavy atom. The molecule has 4 heteroatoms. The second-order valence-electron chi connectivity index (χ2n) is 3.34. The standard InChI is InChI=1S/C13H11FN2O/c1-10(17)16-7-3-2-4-12-8-11(9-15)5-6-13(12)14/h5-6,8H,3,7H2,1H3,(H,16,17). The fraction of sp³-hybridized carbons (Fsp3) is 0.231. The maximum Gasteiger partial charge on any atom is 0.216 e. The van der Waals surface area contributed by atoms with E-state index in [0.717, 1.165) is 0 Å². The Morgan fingerprint density at radius 1 is 1.53 bits per heavy atom. The Hall–Kier alpha value is -2.33. The van der Waals surface area contributed by atoms with E-state index < -0.39 is 5.82 Å². The summed E-state index contributed by atoms with van der Waals surface area (Å²) < 4.78 is 13.3. The number of rotatable bonds is 2. The molecule has 0 fully saturated rings. The minimum absolute atomic E-state index is 0.121. The molecule has 0 unspecified atom stereocenters. The number of amides is 1. The van der Waals surface area contributed by atoms with Gasteiger partial charge in [0.25, 0.3) is 0 Å². The third-order valence-corrected chi connectivity index (χ3v) is 1.94. The van der Waals surface area contributed by atoms with Crippen molar-refractivity contribution in [1.82, 2.24) is 5.32 Å². The molecule has 1 aromatic rings. The van der Waals surface area contributed by atoms with Gasteiger partial charge in [0.1, 0.15) is 5.82 Å². The predicted octanol–water partition coefficient (Wildman–Crippen LogP) is 1.58. The number of benzene rings is 1. The molecule has 0 bridgehead atoms. The van der Waals surface area contributed by atoms with Crippen molar-refractivity contribution in [2.24, 2.45) is 0 Å². The fourth-order valence-corrected chi connectivity index (χ4v) is 1.15. The first kappa shape index (κ1) is 12.7. The minimum atomic E-state index is -0.448. The van der Waals surface area contributed by atoms with Gasteiger partial charge in [-0.2, -0.15) is 5.26 Å². The lowest BCUT2D eigenvalue weighted by atomic mass is 10.1. The van der Waals surface area contributed by atoms with E-state index in [2.05, 4.69) is 17.2 Å². The van der Waals surface area contributed by atoms with Crippen LogP contribution in [0.5, 0.6) is 0 Å². The van der Waals surface area contributed by atoms with Crippen LogP contribution >= 0.6 is 0 Å². The highest BCUT2D eigenvalue weighted by Crippen LogP contribution is 2.08. The van der Waals surface area contributed by atoms with Gasteiger partial charge in [-0.05, 0) is 18.2 Å². The van der Waals surface area contributed by atoms with Crippen LogP contribution in [0, 0.1) is 29.0 Å². The summed E-state index contributed by atoms with van der Waals surface area (Å²) >= 11 is 0. The Bertz CT molecular complexity index is 520. The van der Waals surface area contributed by atoms with Crippen LogP contribution in [0.2, 0.25) is 0 Å². The van der Waals surface area contributed by atoms with E-state index in [-0.39, 0.29) is 11.5 Å². The molecule has 1 rings (SSSR count). The maximum atomic E-state index is 13.3. The van der Waals surface area contributed by atoms with Crippen LogP contribution in [0.15, 0.2) is 18.2 Å². The number of hydrogen-bond acceptors (Lipinski definition) is 2. The van der Waals surface area contributed by atoms with E-state index in [1.807, 2.05) is 6.07 Å². The summed E-state index contributed by atoms with van der Waals surface area (Å²) in [6, 6.07) is 5.94. The van der Waals surface area contributed by atoms with Gasteiger partial charge < -0.3 is 5.32 Å². The summed E-state index contributed by atoms with van der Waals surface area (Å²) in [7, 11) is 0. The molecule has 17 heavy (non-hydrogen) atoms. The second-order valence-corrected chi connectivity index (χ2v) is 3.34. The molecule has 0 aliphatic rings. The molecule has 0 saturated heterocycles.